The molecule has 0 unspecified atom stereocenters. The Morgan fingerprint density at radius 2 is 2.16 bits per heavy atom. The molecular weight excluding hydrogens is 236 g/mol. The van der Waals surface area contributed by atoms with Crippen LogP contribution in [0, 0.1) is 5.92 Å². The number of ether oxygens (including phenoxy) is 1. The summed E-state index contributed by atoms with van der Waals surface area (Å²) in [5, 5.41) is 3.54. The molecule has 2 aliphatic rings. The van der Waals surface area contributed by atoms with Crippen LogP contribution in [0.15, 0.2) is 18.2 Å². The molecular formula is C16H24N2O. The van der Waals surface area contributed by atoms with Crippen LogP contribution in [-0.2, 0) is 17.7 Å². The van der Waals surface area contributed by atoms with Gasteiger partial charge < -0.3 is 10.1 Å². The Kier molecular flexibility index (Phi) is 4.04. The molecule has 3 heteroatoms. The van der Waals surface area contributed by atoms with Crippen LogP contribution in [0.2, 0.25) is 0 Å². The number of nitrogens with zero attached hydrogens (tertiary/aromatic N) is 1. The van der Waals surface area contributed by atoms with E-state index in [1.807, 2.05) is 7.11 Å². The lowest BCUT2D eigenvalue weighted by Crippen LogP contribution is -2.34. The fourth-order valence-electron chi connectivity index (χ4n) is 3.33. The van der Waals surface area contributed by atoms with Crippen molar-refractivity contribution in [2.75, 3.05) is 38.7 Å². The van der Waals surface area contributed by atoms with E-state index < -0.39 is 0 Å². The molecule has 0 spiro atoms. The second-order valence-electron chi connectivity index (χ2n) is 5.80. The zero-order valence-electron chi connectivity index (χ0n) is 11.8. The van der Waals surface area contributed by atoms with Gasteiger partial charge in [-0.1, -0.05) is 18.2 Å². The summed E-state index contributed by atoms with van der Waals surface area (Å²) in [6.45, 7) is 5.53. The molecule has 1 saturated heterocycles. The lowest BCUT2D eigenvalue weighted by Gasteiger charge is -2.32. The van der Waals surface area contributed by atoms with Crippen molar-refractivity contribution in [3.8, 4) is 0 Å². The maximum atomic E-state index is 5.27. The molecule has 0 atom stereocenters. The minimum atomic E-state index is 0.765. The molecule has 3 nitrogen and oxygen atoms in total. The summed E-state index contributed by atoms with van der Waals surface area (Å²) >= 11 is 0. The zero-order chi connectivity index (χ0) is 13.1. The first kappa shape index (κ1) is 12.9. The second kappa shape index (κ2) is 5.93. The largest absolute Gasteiger partial charge is 0.384 e. The third kappa shape index (κ3) is 2.93. The lowest BCUT2D eigenvalue weighted by molar-refractivity contribution is 0.0969. The quantitative estimate of drug-likeness (QED) is 0.900. The molecule has 2 aliphatic heterocycles. The number of benzene rings is 1. The molecule has 3 rings (SSSR count). The van der Waals surface area contributed by atoms with E-state index in [0.29, 0.717) is 0 Å². The van der Waals surface area contributed by atoms with Gasteiger partial charge in [0.25, 0.3) is 0 Å². The molecule has 1 N–H and O–H groups in total. The standard InChI is InChI=1S/C16H24N2O/c1-19-12-13-6-9-18(10-7-13)11-15-4-2-3-14-5-8-17-16(14)15/h2-4,13,17H,5-12H2,1H3. The Morgan fingerprint density at radius 1 is 1.32 bits per heavy atom. The normalized spacial score (nSPS) is 20.3. The maximum Gasteiger partial charge on any atom is 0.0491 e. The van der Waals surface area contributed by atoms with Gasteiger partial charge in [0.05, 0.1) is 0 Å². The second-order valence-corrected chi connectivity index (χ2v) is 5.80. The number of piperidine rings is 1. The summed E-state index contributed by atoms with van der Waals surface area (Å²) in [7, 11) is 1.81. The first-order chi connectivity index (χ1) is 9.36. The van der Waals surface area contributed by atoms with Gasteiger partial charge in [0.1, 0.15) is 0 Å². The minimum Gasteiger partial charge on any atom is -0.384 e. The van der Waals surface area contributed by atoms with Crippen LogP contribution >= 0.6 is 0 Å². The summed E-state index contributed by atoms with van der Waals surface area (Å²) in [4.78, 5) is 2.59. The van der Waals surface area contributed by atoms with E-state index in [-0.39, 0.29) is 0 Å². The SMILES string of the molecule is COCC1CCN(Cc2cccc3c2NCC3)CC1. The topological polar surface area (TPSA) is 24.5 Å². The lowest BCUT2D eigenvalue weighted by atomic mass is 9.97. The van der Waals surface area contributed by atoms with Crippen molar-refractivity contribution in [3.63, 3.8) is 0 Å². The summed E-state index contributed by atoms with van der Waals surface area (Å²) < 4.78 is 5.27. The van der Waals surface area contributed by atoms with Crippen LogP contribution in [0.5, 0.6) is 0 Å². The van der Waals surface area contributed by atoms with Crippen molar-refractivity contribution in [2.45, 2.75) is 25.8 Å². The Balaban J connectivity index is 1.60. The van der Waals surface area contributed by atoms with Gasteiger partial charge in [-0.05, 0) is 49.4 Å². The van der Waals surface area contributed by atoms with E-state index >= 15 is 0 Å². The van der Waals surface area contributed by atoms with Crippen LogP contribution < -0.4 is 5.32 Å². The molecule has 1 aromatic rings. The average Bonchev–Trinajstić information content (AvgIpc) is 2.91. The van der Waals surface area contributed by atoms with E-state index in [4.69, 9.17) is 4.74 Å². The van der Waals surface area contributed by atoms with Crippen molar-refractivity contribution in [1.29, 1.82) is 0 Å². The molecule has 0 amide bonds. The number of methoxy groups -OCH3 is 1. The zero-order valence-corrected chi connectivity index (χ0v) is 11.8. The van der Waals surface area contributed by atoms with Gasteiger partial charge in [-0.2, -0.15) is 0 Å². The Labute approximate surface area is 115 Å². The molecule has 0 saturated carbocycles. The fourth-order valence-corrected chi connectivity index (χ4v) is 3.33. The highest BCUT2D eigenvalue weighted by atomic mass is 16.5. The van der Waals surface area contributed by atoms with Gasteiger partial charge in [0.2, 0.25) is 0 Å². The monoisotopic (exact) mass is 260 g/mol. The van der Waals surface area contributed by atoms with E-state index in [1.54, 1.807) is 0 Å². The van der Waals surface area contributed by atoms with Crippen molar-refractivity contribution in [3.05, 3.63) is 29.3 Å². The Morgan fingerprint density at radius 3 is 2.95 bits per heavy atom. The first-order valence-corrected chi connectivity index (χ1v) is 7.43. The predicted molar refractivity (Wildman–Crippen MR) is 78.5 cm³/mol. The molecule has 1 aromatic carbocycles. The molecule has 1 fully saturated rings. The number of likely N-dealkylation sites (tertiary alicyclic amines) is 1. The van der Waals surface area contributed by atoms with Crippen molar-refractivity contribution in [1.82, 2.24) is 4.90 Å². The Hall–Kier alpha value is -1.06. The van der Waals surface area contributed by atoms with E-state index in [9.17, 15) is 0 Å². The number of hydrogen-bond donors (Lipinski definition) is 1. The number of hydrogen-bond acceptors (Lipinski definition) is 3. The number of anilines is 1. The van der Waals surface area contributed by atoms with Crippen molar-refractivity contribution in [2.24, 2.45) is 5.92 Å². The maximum absolute atomic E-state index is 5.27. The summed E-state index contributed by atoms with van der Waals surface area (Å²) in [6, 6.07) is 6.74. The third-order valence-corrected chi connectivity index (χ3v) is 4.44. The number of fused-ring (bicyclic) bond motifs is 1. The number of rotatable bonds is 4. The first-order valence-electron chi connectivity index (χ1n) is 7.43. The summed E-state index contributed by atoms with van der Waals surface area (Å²) in [5.74, 6) is 0.765. The van der Waals surface area contributed by atoms with E-state index in [1.165, 1.54) is 49.2 Å². The van der Waals surface area contributed by atoms with Gasteiger partial charge in [-0.25, -0.2) is 0 Å². The molecule has 0 radical (unpaired) electrons. The predicted octanol–water partition coefficient (Wildman–Crippen LogP) is 2.51. The number of para-hydroxylation sites is 1. The average molecular weight is 260 g/mol. The van der Waals surface area contributed by atoms with Gasteiger partial charge in [0, 0.05) is 32.5 Å². The summed E-state index contributed by atoms with van der Waals surface area (Å²) in [6.07, 6.45) is 3.73. The molecule has 0 bridgehead atoms. The van der Waals surface area contributed by atoms with E-state index in [2.05, 4.69) is 28.4 Å². The van der Waals surface area contributed by atoms with Crippen LogP contribution in [0.4, 0.5) is 5.69 Å². The third-order valence-electron chi connectivity index (χ3n) is 4.44. The Bertz CT molecular complexity index is 425. The van der Waals surface area contributed by atoms with Gasteiger partial charge in [-0.15, -0.1) is 0 Å². The van der Waals surface area contributed by atoms with E-state index in [0.717, 1.165) is 25.6 Å². The molecule has 0 aliphatic carbocycles. The molecule has 104 valence electrons. The van der Waals surface area contributed by atoms with Crippen molar-refractivity contribution >= 4 is 5.69 Å². The van der Waals surface area contributed by atoms with Crippen LogP contribution in [0.1, 0.15) is 24.0 Å². The van der Waals surface area contributed by atoms with Gasteiger partial charge >= 0.3 is 0 Å². The molecule has 19 heavy (non-hydrogen) atoms. The van der Waals surface area contributed by atoms with Gasteiger partial charge in [0.15, 0.2) is 0 Å². The molecule has 2 heterocycles. The van der Waals surface area contributed by atoms with Crippen LogP contribution in [0.25, 0.3) is 0 Å². The summed E-state index contributed by atoms with van der Waals surface area (Å²) in [5.41, 5.74) is 4.37. The van der Waals surface area contributed by atoms with Crippen molar-refractivity contribution < 1.29 is 4.74 Å². The minimum absolute atomic E-state index is 0.765. The molecule has 0 aromatic heterocycles. The highest BCUT2D eigenvalue weighted by Gasteiger charge is 2.21. The number of nitrogens with one attached hydrogen (secondary N) is 1. The van der Waals surface area contributed by atoms with Crippen LogP contribution in [0.3, 0.4) is 0 Å². The smallest absolute Gasteiger partial charge is 0.0491 e. The highest BCUT2D eigenvalue weighted by molar-refractivity contribution is 5.61. The van der Waals surface area contributed by atoms with Crippen LogP contribution in [-0.4, -0.2) is 38.3 Å². The fraction of sp³-hybridized carbons (Fsp3) is 0.625. The highest BCUT2D eigenvalue weighted by Crippen LogP contribution is 2.28. The van der Waals surface area contributed by atoms with Gasteiger partial charge in [-0.3, -0.25) is 4.90 Å².